The van der Waals surface area contributed by atoms with E-state index in [0.29, 0.717) is 55.2 Å². The van der Waals surface area contributed by atoms with Gasteiger partial charge in [-0.1, -0.05) is 29.5 Å². The number of rotatable bonds is 10. The monoisotopic (exact) mass is 684 g/mol. The SMILES string of the molecule is Cc1cc(C(=O)N2CCOC3(CCN(CCOc4ccc(CNCC(O)c5ccc(O)c6[nH]c(=O)sc56)cc4)CC3)C2)cs1.O=CO. The number of ether oxygens (including phenoxy) is 2. The van der Waals surface area contributed by atoms with E-state index in [-0.39, 0.29) is 28.6 Å². The standard InChI is InChI=1S/C32H38N4O6S2.CH2O2/c1-21-16-23(19-43-21)30(39)36-13-15-42-32(20-36)8-10-35(11-9-32)12-14-41-24-4-2-22(3-5-24)17-33-18-27(38)25-6-7-26(37)28-29(25)44-31(40)34-28;2-1-3/h2-7,16,19,27,33,37-38H,8-15,17-18,20H2,1H3,(H,34,40);1H,(H,2,3). The van der Waals surface area contributed by atoms with Crippen molar-refractivity contribution in [3.05, 3.63) is 79.1 Å². The van der Waals surface area contributed by atoms with E-state index in [1.54, 1.807) is 17.4 Å². The number of thiophene rings is 1. The Morgan fingerprint density at radius 2 is 1.94 bits per heavy atom. The van der Waals surface area contributed by atoms with Gasteiger partial charge in [-0.3, -0.25) is 19.3 Å². The smallest absolute Gasteiger partial charge is 0.305 e. The fourth-order valence-corrected chi connectivity index (χ4v) is 7.60. The van der Waals surface area contributed by atoms with Gasteiger partial charge in [-0.2, -0.15) is 0 Å². The van der Waals surface area contributed by atoms with Crippen LogP contribution < -0.4 is 14.9 Å². The number of nitrogens with one attached hydrogen (secondary N) is 2. The highest BCUT2D eigenvalue weighted by atomic mass is 32.1. The fraction of sp³-hybridized carbons (Fsp3) is 0.424. The van der Waals surface area contributed by atoms with Gasteiger partial charge >= 0.3 is 4.87 Å². The Balaban J connectivity index is 0.00000139. The van der Waals surface area contributed by atoms with Crippen LogP contribution in [0.3, 0.4) is 0 Å². The zero-order valence-electron chi connectivity index (χ0n) is 26.1. The topological polar surface area (TPSA) is 165 Å². The lowest BCUT2D eigenvalue weighted by Gasteiger charge is -2.47. The van der Waals surface area contributed by atoms with Crippen molar-refractivity contribution in [2.75, 3.05) is 52.5 Å². The Morgan fingerprint density at radius 1 is 1.19 bits per heavy atom. The third-order valence-corrected chi connectivity index (χ3v) is 10.3. The van der Waals surface area contributed by atoms with Crippen LogP contribution >= 0.6 is 22.7 Å². The number of aryl methyl sites for hydroxylation is 1. The number of aliphatic hydroxyl groups is 1. The van der Waals surface area contributed by atoms with E-state index in [4.69, 9.17) is 19.4 Å². The second-order valence-corrected chi connectivity index (χ2v) is 13.8. The summed E-state index contributed by atoms with van der Waals surface area (Å²) in [6.45, 7) is 7.77. The minimum Gasteiger partial charge on any atom is -0.506 e. The van der Waals surface area contributed by atoms with Crippen LogP contribution in [0.1, 0.15) is 45.3 Å². The van der Waals surface area contributed by atoms with Gasteiger partial charge in [0.05, 0.1) is 35.1 Å². The van der Waals surface area contributed by atoms with Gasteiger partial charge in [0.1, 0.15) is 23.6 Å². The molecule has 2 fully saturated rings. The summed E-state index contributed by atoms with van der Waals surface area (Å²) in [4.78, 5) is 41.0. The van der Waals surface area contributed by atoms with E-state index in [0.717, 1.165) is 65.6 Å². The maximum Gasteiger partial charge on any atom is 0.305 e. The molecule has 1 amide bonds. The first-order chi connectivity index (χ1) is 22.7. The van der Waals surface area contributed by atoms with Gasteiger partial charge in [0, 0.05) is 55.1 Å². The largest absolute Gasteiger partial charge is 0.506 e. The number of phenolic OH excluding ortho intramolecular Hbond substituents is 1. The molecular formula is C33H40N4O8S2. The van der Waals surface area contributed by atoms with Gasteiger partial charge in [-0.15, -0.1) is 11.3 Å². The molecule has 0 radical (unpaired) electrons. The number of carbonyl (C=O) groups is 2. The molecule has 0 aliphatic carbocycles. The molecule has 4 heterocycles. The van der Waals surface area contributed by atoms with Crippen molar-refractivity contribution in [3.8, 4) is 11.5 Å². The van der Waals surface area contributed by atoms with Crippen LogP contribution in [-0.2, 0) is 16.1 Å². The first-order valence-corrected chi connectivity index (χ1v) is 17.1. The number of hydrogen-bond donors (Lipinski definition) is 5. The summed E-state index contributed by atoms with van der Waals surface area (Å²) in [6.07, 6.45) is 0.983. The summed E-state index contributed by atoms with van der Waals surface area (Å²) in [6, 6.07) is 13.0. The zero-order valence-corrected chi connectivity index (χ0v) is 27.8. The lowest BCUT2D eigenvalue weighted by molar-refractivity contribution is -0.127. The number of aromatic amines is 1. The molecule has 47 heavy (non-hydrogen) atoms. The highest BCUT2D eigenvalue weighted by Crippen LogP contribution is 2.32. The van der Waals surface area contributed by atoms with E-state index >= 15 is 0 Å². The van der Waals surface area contributed by atoms with Crippen molar-refractivity contribution >= 4 is 45.3 Å². The van der Waals surface area contributed by atoms with Crippen molar-refractivity contribution in [2.24, 2.45) is 0 Å². The molecule has 14 heteroatoms. The van der Waals surface area contributed by atoms with Crippen molar-refractivity contribution in [1.82, 2.24) is 20.1 Å². The molecule has 12 nitrogen and oxygen atoms in total. The van der Waals surface area contributed by atoms with E-state index < -0.39 is 6.10 Å². The summed E-state index contributed by atoms with van der Waals surface area (Å²) in [7, 11) is 0. The lowest BCUT2D eigenvalue weighted by atomic mass is 9.89. The summed E-state index contributed by atoms with van der Waals surface area (Å²) < 4.78 is 12.8. The van der Waals surface area contributed by atoms with Crippen LogP contribution in [0.4, 0.5) is 0 Å². The van der Waals surface area contributed by atoms with Gasteiger partial charge in [-0.05, 0) is 49.6 Å². The summed E-state index contributed by atoms with van der Waals surface area (Å²) in [5.41, 5.74) is 2.55. The lowest BCUT2D eigenvalue weighted by Crippen LogP contribution is -2.58. The second kappa shape index (κ2) is 15.9. The summed E-state index contributed by atoms with van der Waals surface area (Å²) >= 11 is 2.59. The van der Waals surface area contributed by atoms with E-state index in [2.05, 4.69) is 15.2 Å². The van der Waals surface area contributed by atoms with Crippen LogP contribution in [0.5, 0.6) is 11.5 Å². The number of aliphatic hydroxyl groups excluding tert-OH is 1. The molecule has 0 saturated carbocycles. The van der Waals surface area contributed by atoms with Gasteiger partial charge in [0.15, 0.2) is 0 Å². The number of aromatic hydroxyl groups is 1. The predicted molar refractivity (Wildman–Crippen MR) is 181 cm³/mol. The number of benzene rings is 2. The minimum absolute atomic E-state index is 0.00579. The number of likely N-dealkylation sites (tertiary alicyclic amines) is 1. The molecule has 2 aliphatic heterocycles. The zero-order chi connectivity index (χ0) is 33.4. The molecule has 5 N–H and O–H groups in total. The average molecular weight is 685 g/mol. The van der Waals surface area contributed by atoms with Crippen LogP contribution in [0.25, 0.3) is 10.2 Å². The number of hydrogen-bond acceptors (Lipinski definition) is 11. The number of fused-ring (bicyclic) bond motifs is 1. The number of aromatic nitrogens is 1. The number of phenols is 1. The number of H-pyrrole nitrogens is 1. The highest BCUT2D eigenvalue weighted by Gasteiger charge is 2.41. The first-order valence-electron chi connectivity index (χ1n) is 15.4. The Kier molecular flexibility index (Phi) is 11.7. The molecular weight excluding hydrogens is 645 g/mol. The summed E-state index contributed by atoms with van der Waals surface area (Å²) in [5, 5.41) is 32.8. The molecule has 2 aliphatic rings. The molecule has 1 unspecified atom stereocenters. The molecule has 252 valence electrons. The van der Waals surface area contributed by atoms with Crippen LogP contribution in [0.15, 0.2) is 52.6 Å². The molecule has 2 saturated heterocycles. The van der Waals surface area contributed by atoms with Crippen molar-refractivity contribution < 1.29 is 34.4 Å². The van der Waals surface area contributed by atoms with Gasteiger partial charge in [0.2, 0.25) is 0 Å². The first kappa shape index (κ1) is 34.5. The Bertz CT molecular complexity index is 1690. The maximum absolute atomic E-state index is 13.0. The normalized spacial score (nSPS) is 16.9. The van der Waals surface area contributed by atoms with E-state index in [9.17, 15) is 19.8 Å². The molecule has 2 aromatic heterocycles. The third-order valence-electron chi connectivity index (χ3n) is 8.49. The molecule has 2 aromatic carbocycles. The molecule has 1 spiro atoms. The number of piperidine rings is 1. The Hall–Kier alpha value is -3.79. The average Bonchev–Trinajstić information content (AvgIpc) is 3.69. The van der Waals surface area contributed by atoms with Crippen LogP contribution in [0.2, 0.25) is 0 Å². The van der Waals surface area contributed by atoms with Crippen molar-refractivity contribution in [3.63, 3.8) is 0 Å². The maximum atomic E-state index is 13.0. The number of morpholine rings is 1. The molecule has 6 rings (SSSR count). The highest BCUT2D eigenvalue weighted by molar-refractivity contribution is 7.16. The summed E-state index contributed by atoms with van der Waals surface area (Å²) in [5.74, 6) is 0.915. The van der Waals surface area contributed by atoms with Gasteiger partial charge < -0.3 is 40.0 Å². The van der Waals surface area contributed by atoms with Crippen LogP contribution in [-0.4, -0.2) is 101 Å². The molecule has 4 aromatic rings. The Labute approximate surface area is 280 Å². The number of carboxylic acid groups (broad SMARTS) is 1. The third kappa shape index (κ3) is 8.77. The van der Waals surface area contributed by atoms with E-state index in [1.807, 2.05) is 47.5 Å². The Morgan fingerprint density at radius 3 is 2.64 bits per heavy atom. The fourth-order valence-electron chi connectivity index (χ4n) is 6.00. The van der Waals surface area contributed by atoms with Crippen molar-refractivity contribution in [1.29, 1.82) is 0 Å². The second-order valence-electron chi connectivity index (χ2n) is 11.7. The van der Waals surface area contributed by atoms with Gasteiger partial charge in [0.25, 0.3) is 12.4 Å². The number of amides is 1. The van der Waals surface area contributed by atoms with E-state index in [1.165, 1.54) is 6.07 Å². The minimum atomic E-state index is -0.821. The van der Waals surface area contributed by atoms with Crippen molar-refractivity contribution in [2.45, 2.75) is 38.0 Å². The molecule has 1 atom stereocenters. The number of nitrogens with zero attached hydrogens (tertiary/aromatic N) is 2. The van der Waals surface area contributed by atoms with Gasteiger partial charge in [-0.25, -0.2) is 0 Å². The van der Waals surface area contributed by atoms with Crippen LogP contribution in [0, 0.1) is 6.92 Å². The number of carbonyl (C=O) groups excluding carboxylic acids is 1. The molecule has 0 bridgehead atoms. The number of thiazole rings is 1. The quantitative estimate of drug-likeness (QED) is 0.156. The predicted octanol–water partition coefficient (Wildman–Crippen LogP) is 3.58.